The molecule has 0 aliphatic heterocycles. The Morgan fingerprint density at radius 3 is 2.56 bits per heavy atom. The number of fused-ring (bicyclic) bond motifs is 2. The van der Waals surface area contributed by atoms with Gasteiger partial charge in [0.1, 0.15) is 11.5 Å². The summed E-state index contributed by atoms with van der Waals surface area (Å²) in [7, 11) is 1.86. The molecule has 1 spiro atoms. The van der Waals surface area contributed by atoms with Crippen molar-refractivity contribution < 1.29 is 9.90 Å². The molecular formula is C26H26N6O2. The molecule has 0 radical (unpaired) electrons. The lowest BCUT2D eigenvalue weighted by Gasteiger charge is -2.21. The third-order valence-corrected chi connectivity index (χ3v) is 7.12. The summed E-state index contributed by atoms with van der Waals surface area (Å²) in [4.78, 5) is 13.2. The Bertz CT molecular complexity index is 1390. The van der Waals surface area contributed by atoms with Crippen molar-refractivity contribution in [3.63, 3.8) is 0 Å². The van der Waals surface area contributed by atoms with Gasteiger partial charge in [-0.3, -0.25) is 10.00 Å². The Balaban J connectivity index is 1.33. The van der Waals surface area contributed by atoms with Crippen LogP contribution in [0.5, 0.6) is 0 Å². The second-order valence-electron chi connectivity index (χ2n) is 9.24. The van der Waals surface area contributed by atoms with E-state index in [1.54, 1.807) is 15.6 Å². The highest BCUT2D eigenvalue weighted by atomic mass is 16.3. The number of benzene rings is 2. The molecule has 2 atom stereocenters. The minimum absolute atomic E-state index is 0.219. The van der Waals surface area contributed by atoms with Crippen LogP contribution in [0, 0.1) is 6.92 Å². The van der Waals surface area contributed by atoms with E-state index in [0.717, 1.165) is 46.5 Å². The number of carbonyl (C=O) groups is 1. The fourth-order valence-electron chi connectivity index (χ4n) is 5.23. The highest BCUT2D eigenvalue weighted by Crippen LogP contribution is 2.59. The lowest BCUT2D eigenvalue weighted by molar-refractivity contribution is 0.109. The van der Waals surface area contributed by atoms with Gasteiger partial charge in [-0.25, -0.2) is 9.48 Å². The van der Waals surface area contributed by atoms with E-state index in [1.807, 2.05) is 68.7 Å². The molecule has 2 aromatic heterocycles. The van der Waals surface area contributed by atoms with Gasteiger partial charge in [-0.05, 0) is 43.0 Å². The summed E-state index contributed by atoms with van der Waals surface area (Å²) in [5, 5.41) is 26.2. The van der Waals surface area contributed by atoms with Crippen LogP contribution in [0.3, 0.4) is 0 Å². The first-order chi connectivity index (χ1) is 16.5. The number of nitrogens with one attached hydrogen (secondary N) is 2. The Kier molecular flexibility index (Phi) is 4.60. The predicted octanol–water partition coefficient (Wildman–Crippen LogP) is 3.85. The van der Waals surface area contributed by atoms with Crippen molar-refractivity contribution in [3.05, 3.63) is 83.7 Å². The zero-order valence-corrected chi connectivity index (χ0v) is 19.1. The van der Waals surface area contributed by atoms with Crippen molar-refractivity contribution in [2.24, 2.45) is 7.05 Å². The molecule has 6 rings (SSSR count). The highest BCUT2D eigenvalue weighted by Gasteiger charge is 2.59. The van der Waals surface area contributed by atoms with Gasteiger partial charge in [0.25, 0.3) is 0 Å². The first-order valence-corrected chi connectivity index (χ1v) is 11.5. The van der Waals surface area contributed by atoms with Crippen LogP contribution in [0.4, 0.5) is 10.6 Å². The molecule has 1 saturated carbocycles. The zero-order chi connectivity index (χ0) is 23.4. The molecule has 2 aliphatic rings. The van der Waals surface area contributed by atoms with E-state index in [1.165, 1.54) is 0 Å². The van der Waals surface area contributed by atoms with Crippen LogP contribution >= 0.6 is 0 Å². The van der Waals surface area contributed by atoms with E-state index >= 15 is 0 Å². The summed E-state index contributed by atoms with van der Waals surface area (Å²) in [5.41, 5.74) is 5.20. The Hall–Kier alpha value is -3.91. The molecule has 2 unspecified atom stereocenters. The number of rotatable bonds is 4. The Labute approximate surface area is 197 Å². The quantitative estimate of drug-likeness (QED) is 0.436. The zero-order valence-electron chi connectivity index (χ0n) is 19.1. The van der Waals surface area contributed by atoms with Gasteiger partial charge in [0, 0.05) is 29.8 Å². The normalized spacial score (nSPS) is 19.7. The number of amides is 2. The molecule has 2 amide bonds. The Morgan fingerprint density at radius 2 is 1.85 bits per heavy atom. The van der Waals surface area contributed by atoms with Crippen molar-refractivity contribution in [2.75, 3.05) is 5.32 Å². The van der Waals surface area contributed by atoms with E-state index in [0.29, 0.717) is 5.82 Å². The number of hydrogen-bond donors (Lipinski definition) is 3. The van der Waals surface area contributed by atoms with E-state index in [4.69, 9.17) is 5.10 Å². The molecule has 0 saturated heterocycles. The van der Waals surface area contributed by atoms with Crippen LogP contribution in [-0.2, 0) is 12.5 Å². The molecule has 2 heterocycles. The lowest BCUT2D eigenvalue weighted by atomic mass is 9.97. The number of hydrogen-bond acceptors (Lipinski definition) is 4. The van der Waals surface area contributed by atoms with Crippen molar-refractivity contribution >= 4 is 11.8 Å². The first kappa shape index (κ1) is 20.7. The maximum Gasteiger partial charge on any atom is 0.320 e. The molecule has 34 heavy (non-hydrogen) atoms. The van der Waals surface area contributed by atoms with Crippen LogP contribution in [0.2, 0.25) is 0 Å². The summed E-state index contributed by atoms with van der Waals surface area (Å²) in [6.07, 6.45) is 4.91. The number of aromatic nitrogens is 4. The summed E-state index contributed by atoms with van der Waals surface area (Å²) in [6.45, 7) is 1.93. The van der Waals surface area contributed by atoms with Gasteiger partial charge in [-0.15, -0.1) is 0 Å². The third kappa shape index (κ3) is 3.13. The van der Waals surface area contributed by atoms with Crippen LogP contribution in [0.1, 0.15) is 35.6 Å². The third-order valence-electron chi connectivity index (χ3n) is 7.12. The highest BCUT2D eigenvalue weighted by molar-refractivity contribution is 5.91. The lowest BCUT2D eigenvalue weighted by Crippen LogP contribution is -2.39. The van der Waals surface area contributed by atoms with E-state index < -0.39 is 12.1 Å². The van der Waals surface area contributed by atoms with Gasteiger partial charge in [0.15, 0.2) is 0 Å². The molecule has 1 fully saturated rings. The van der Waals surface area contributed by atoms with Crippen LogP contribution in [0.25, 0.3) is 16.9 Å². The number of carbonyl (C=O) groups excluding carboxylic acids is 1. The molecular weight excluding hydrogens is 428 g/mol. The molecule has 0 bridgehead atoms. The monoisotopic (exact) mass is 454 g/mol. The molecule has 8 nitrogen and oxygen atoms in total. The number of aryl methyl sites for hydroxylation is 1. The number of urea groups is 1. The van der Waals surface area contributed by atoms with Crippen LogP contribution in [0.15, 0.2) is 67.0 Å². The number of aliphatic hydroxyl groups is 1. The number of para-hydroxylation sites is 1. The Morgan fingerprint density at radius 1 is 1.12 bits per heavy atom. The SMILES string of the molecule is Cc1c(-c2cnn(C)c2)nn(-c2ccccc2)c1NC(=O)NC1c2ccccc2C2(CC2)C1O. The summed E-state index contributed by atoms with van der Waals surface area (Å²) < 4.78 is 3.46. The fourth-order valence-corrected chi connectivity index (χ4v) is 5.23. The fraction of sp³-hybridized carbons (Fsp3) is 0.269. The molecule has 2 aromatic carbocycles. The van der Waals surface area contributed by atoms with Gasteiger partial charge < -0.3 is 10.4 Å². The molecule has 8 heteroatoms. The largest absolute Gasteiger partial charge is 0.390 e. The maximum atomic E-state index is 13.2. The van der Waals surface area contributed by atoms with Crippen molar-refractivity contribution in [1.29, 1.82) is 0 Å². The van der Waals surface area contributed by atoms with E-state index in [9.17, 15) is 9.90 Å². The minimum Gasteiger partial charge on any atom is -0.390 e. The average molecular weight is 455 g/mol. The standard InChI is InChI=1S/C26H26N6O2/c1-16-21(17-14-27-31(2)15-17)30-32(18-8-4-3-5-9-18)24(16)29-25(34)28-22-19-10-6-7-11-20(19)26(12-13-26)23(22)33/h3-11,14-15,22-23,33H,12-13H2,1-2H3,(H2,28,29,34). The van der Waals surface area contributed by atoms with Crippen LogP contribution in [-0.4, -0.2) is 36.8 Å². The summed E-state index contributed by atoms with van der Waals surface area (Å²) in [5.74, 6) is 0.574. The van der Waals surface area contributed by atoms with Crippen molar-refractivity contribution in [3.8, 4) is 16.9 Å². The number of anilines is 1. The minimum atomic E-state index is -0.637. The van der Waals surface area contributed by atoms with Gasteiger partial charge in [0.05, 0.1) is 24.0 Å². The summed E-state index contributed by atoms with van der Waals surface area (Å²) in [6, 6.07) is 16.9. The number of nitrogens with zero attached hydrogens (tertiary/aromatic N) is 4. The van der Waals surface area contributed by atoms with Gasteiger partial charge in [-0.1, -0.05) is 42.5 Å². The first-order valence-electron chi connectivity index (χ1n) is 11.5. The van der Waals surface area contributed by atoms with E-state index in [-0.39, 0.29) is 11.4 Å². The smallest absolute Gasteiger partial charge is 0.320 e. The predicted molar refractivity (Wildman–Crippen MR) is 129 cm³/mol. The second kappa shape index (κ2) is 7.56. The van der Waals surface area contributed by atoms with Crippen LogP contribution < -0.4 is 10.6 Å². The molecule has 2 aliphatic carbocycles. The number of aliphatic hydroxyl groups excluding tert-OH is 1. The van der Waals surface area contributed by atoms with Gasteiger partial charge in [-0.2, -0.15) is 10.2 Å². The molecule has 4 aromatic rings. The van der Waals surface area contributed by atoms with E-state index in [2.05, 4.69) is 21.8 Å². The maximum absolute atomic E-state index is 13.2. The average Bonchev–Trinajstić information content (AvgIpc) is 3.38. The van der Waals surface area contributed by atoms with Crippen molar-refractivity contribution in [2.45, 2.75) is 37.3 Å². The molecule has 3 N–H and O–H groups in total. The topological polar surface area (TPSA) is 97.0 Å². The van der Waals surface area contributed by atoms with Gasteiger partial charge in [0.2, 0.25) is 0 Å². The second-order valence-corrected chi connectivity index (χ2v) is 9.24. The summed E-state index contributed by atoms with van der Waals surface area (Å²) >= 11 is 0. The van der Waals surface area contributed by atoms with Gasteiger partial charge >= 0.3 is 6.03 Å². The molecule has 172 valence electrons. The van der Waals surface area contributed by atoms with Crippen molar-refractivity contribution in [1.82, 2.24) is 24.9 Å².